The van der Waals surface area contributed by atoms with Crippen molar-refractivity contribution in [2.24, 2.45) is 46.3 Å². The number of hydrogen-bond acceptors (Lipinski definition) is 0. The molecule has 0 saturated heterocycles. The largest absolute Gasteiger partial charge is 0.118 e. The Hall–Kier alpha value is 0.0649. The van der Waals surface area contributed by atoms with Crippen LogP contribution in [0, 0.1) is 46.3 Å². The smallest absolute Gasteiger partial charge is 0.0655 e. The average Bonchev–Trinajstić information content (AvgIpc) is 2.41. The van der Waals surface area contributed by atoms with Crippen molar-refractivity contribution in [2.45, 2.75) is 78.9 Å². The Morgan fingerprint density at radius 3 is 1.33 bits per heavy atom. The maximum absolute atomic E-state index is 2.86. The van der Waals surface area contributed by atoms with Crippen LogP contribution in [0.5, 0.6) is 0 Å². The molecule has 0 heterocycles. The summed E-state index contributed by atoms with van der Waals surface area (Å²) in [6.45, 7) is 15.2. The zero-order chi connectivity index (χ0) is 15.2. The van der Waals surface area contributed by atoms with E-state index in [-0.39, 0.29) is 0 Å². The van der Waals surface area contributed by atoms with E-state index in [2.05, 4.69) is 48.8 Å². The molecule has 0 unspecified atom stereocenters. The van der Waals surface area contributed by atoms with Gasteiger partial charge in [-0.25, -0.2) is 0 Å². The van der Waals surface area contributed by atoms with Crippen LogP contribution in [-0.4, -0.2) is 7.28 Å². The van der Waals surface area contributed by atoms with Gasteiger partial charge in [-0.3, -0.25) is 0 Å². The lowest BCUT2D eigenvalue weighted by Crippen LogP contribution is -2.57. The minimum atomic E-state index is 0.645. The molecule has 0 amide bonds. The molecule has 0 aromatic rings. The zero-order valence-electron chi connectivity index (χ0n) is 15.0. The van der Waals surface area contributed by atoms with Crippen LogP contribution in [0.3, 0.4) is 0 Å². The van der Waals surface area contributed by atoms with E-state index in [9.17, 15) is 0 Å². The average molecular weight is 285 g/mol. The first-order valence-corrected chi connectivity index (χ1v) is 9.58. The Morgan fingerprint density at radius 2 is 1.05 bits per heavy atom. The fraction of sp³-hybridized carbons (Fsp3) is 1.00. The molecule has 6 aliphatic carbocycles. The van der Waals surface area contributed by atoms with Crippen molar-refractivity contribution < 1.29 is 0 Å². The summed E-state index contributed by atoms with van der Waals surface area (Å²) in [7, 11) is 2.86. The third-order valence-electron chi connectivity index (χ3n) is 9.32. The van der Waals surface area contributed by atoms with Crippen LogP contribution in [0.4, 0.5) is 0 Å². The first kappa shape index (κ1) is 14.6. The third-order valence-corrected chi connectivity index (χ3v) is 9.32. The van der Waals surface area contributed by atoms with Gasteiger partial charge in [0.1, 0.15) is 7.28 Å². The summed E-state index contributed by atoms with van der Waals surface area (Å²) >= 11 is 0. The van der Waals surface area contributed by atoms with Gasteiger partial charge in [-0.15, -0.1) is 0 Å². The van der Waals surface area contributed by atoms with Gasteiger partial charge in [0.25, 0.3) is 0 Å². The summed E-state index contributed by atoms with van der Waals surface area (Å²) < 4.78 is 0. The van der Waals surface area contributed by atoms with Gasteiger partial charge in [0.15, 0.2) is 0 Å². The maximum atomic E-state index is 2.86. The van der Waals surface area contributed by atoms with Gasteiger partial charge in [0.2, 0.25) is 0 Å². The molecule has 0 spiro atoms. The predicted molar refractivity (Wildman–Crippen MR) is 91.6 cm³/mol. The maximum Gasteiger partial charge on any atom is 0.118 e. The predicted octanol–water partition coefficient (Wildman–Crippen LogP) is 5.67. The highest BCUT2D eigenvalue weighted by Gasteiger charge is 2.59. The Morgan fingerprint density at radius 1 is 0.667 bits per heavy atom. The molecule has 0 nitrogen and oxygen atoms in total. The Bertz CT molecular complexity index is 397. The molecule has 6 fully saturated rings. The molecule has 21 heavy (non-hydrogen) atoms. The molecule has 6 rings (SSSR count). The third kappa shape index (κ3) is 1.81. The van der Waals surface area contributed by atoms with Crippen LogP contribution in [0.1, 0.15) is 67.2 Å². The number of hydrogen-bond donors (Lipinski definition) is 0. The molecule has 0 aromatic heterocycles. The van der Waals surface area contributed by atoms with Gasteiger partial charge in [0, 0.05) is 0 Å². The fourth-order valence-electron chi connectivity index (χ4n) is 7.21. The summed E-state index contributed by atoms with van der Waals surface area (Å²) in [6, 6.07) is 0. The second kappa shape index (κ2) is 4.32. The van der Waals surface area contributed by atoms with E-state index < -0.39 is 0 Å². The van der Waals surface area contributed by atoms with Crippen molar-refractivity contribution in [1.82, 2.24) is 0 Å². The van der Waals surface area contributed by atoms with Gasteiger partial charge in [0.05, 0.1) is 0 Å². The normalized spacial score (nSPS) is 56.1. The van der Waals surface area contributed by atoms with E-state index in [0.717, 1.165) is 47.1 Å². The van der Waals surface area contributed by atoms with Crippen molar-refractivity contribution in [3.8, 4) is 0 Å². The highest BCUT2D eigenvalue weighted by molar-refractivity contribution is 6.40. The van der Waals surface area contributed by atoms with Crippen molar-refractivity contribution in [1.29, 1.82) is 0 Å². The van der Waals surface area contributed by atoms with Gasteiger partial charge >= 0.3 is 0 Å². The van der Waals surface area contributed by atoms with E-state index in [1.165, 1.54) is 25.7 Å². The first-order chi connectivity index (χ1) is 9.73. The zero-order valence-corrected chi connectivity index (χ0v) is 15.0. The van der Waals surface area contributed by atoms with E-state index in [4.69, 9.17) is 0 Å². The SMILES string of the molecule is C[C@@H]1[C@H]([B][C@@H]2C[C@H]3C[C@@H]([C@@H]2C)C3(C)C)C[C@H]2C[C@H]1C2(C)C. The molecule has 1 radical (unpaired) electrons. The van der Waals surface area contributed by atoms with Crippen LogP contribution < -0.4 is 0 Å². The first-order valence-electron chi connectivity index (χ1n) is 9.58. The van der Waals surface area contributed by atoms with Crippen LogP contribution in [0.2, 0.25) is 11.6 Å². The topological polar surface area (TPSA) is 0 Å². The molecule has 0 aromatic carbocycles. The van der Waals surface area contributed by atoms with Crippen molar-refractivity contribution >= 4 is 7.28 Å². The van der Waals surface area contributed by atoms with Crippen molar-refractivity contribution in [3.05, 3.63) is 0 Å². The molecule has 1 heteroatoms. The molecular formula is C20H34B. The molecule has 0 aliphatic heterocycles. The van der Waals surface area contributed by atoms with Crippen LogP contribution in [-0.2, 0) is 0 Å². The highest BCUT2D eigenvalue weighted by atomic mass is 14.6. The molecule has 4 bridgehead atoms. The van der Waals surface area contributed by atoms with E-state index >= 15 is 0 Å². The van der Waals surface area contributed by atoms with Crippen molar-refractivity contribution in [3.63, 3.8) is 0 Å². The lowest BCUT2D eigenvalue weighted by molar-refractivity contribution is -0.106. The summed E-state index contributed by atoms with van der Waals surface area (Å²) in [5.74, 6) is 7.76. The monoisotopic (exact) mass is 285 g/mol. The van der Waals surface area contributed by atoms with Gasteiger partial charge in [-0.1, -0.05) is 66.0 Å². The van der Waals surface area contributed by atoms with Gasteiger partial charge < -0.3 is 0 Å². The molecule has 117 valence electrons. The fourth-order valence-corrected chi connectivity index (χ4v) is 7.21. The van der Waals surface area contributed by atoms with E-state index in [1.807, 2.05) is 0 Å². The highest BCUT2D eigenvalue weighted by Crippen LogP contribution is 2.68. The Labute approximate surface area is 133 Å². The van der Waals surface area contributed by atoms with Crippen molar-refractivity contribution in [2.75, 3.05) is 0 Å². The molecule has 8 atom stereocenters. The number of fused-ring (bicyclic) bond motifs is 4. The standard InChI is InChI=1S/C20H34B/c1-11-15-7-13(19(15,3)4)9-17(11)21-18-10-14-8-16(12(18)2)20(14,5)6/h11-18H,7-10H2,1-6H3/t11-,12-,13+,14+,15-,16+,17+,18+/m0/s1. The van der Waals surface area contributed by atoms with E-state index in [0.29, 0.717) is 10.8 Å². The molecule has 6 aliphatic rings. The summed E-state index contributed by atoms with van der Waals surface area (Å²) in [5, 5.41) is 0. The summed E-state index contributed by atoms with van der Waals surface area (Å²) in [4.78, 5) is 0. The number of rotatable bonds is 2. The van der Waals surface area contributed by atoms with Gasteiger partial charge in [-0.2, -0.15) is 0 Å². The second-order valence-electron chi connectivity index (χ2n) is 10.4. The van der Waals surface area contributed by atoms with Gasteiger partial charge in [-0.05, 0) is 59.2 Å². The summed E-state index contributed by atoms with van der Waals surface area (Å²) in [5.41, 5.74) is 1.29. The van der Waals surface area contributed by atoms with Crippen LogP contribution >= 0.6 is 0 Å². The molecule has 0 N–H and O–H groups in total. The Kier molecular flexibility index (Phi) is 3.02. The van der Waals surface area contributed by atoms with E-state index in [1.54, 1.807) is 0 Å². The lowest BCUT2D eigenvalue weighted by atomic mass is 9.31. The molecular weight excluding hydrogens is 251 g/mol. The minimum Gasteiger partial charge on any atom is -0.0655 e. The molecule has 6 saturated carbocycles. The Balaban J connectivity index is 1.42. The lowest BCUT2D eigenvalue weighted by Gasteiger charge is -2.65. The van der Waals surface area contributed by atoms with Crippen LogP contribution in [0.15, 0.2) is 0 Å². The summed E-state index contributed by atoms with van der Waals surface area (Å²) in [6.07, 6.45) is 6.03. The second-order valence-corrected chi connectivity index (χ2v) is 10.4. The minimum absolute atomic E-state index is 0.645. The van der Waals surface area contributed by atoms with Crippen LogP contribution in [0.25, 0.3) is 0 Å². The quantitative estimate of drug-likeness (QED) is 0.573.